The van der Waals surface area contributed by atoms with E-state index in [1.54, 1.807) is 0 Å². The van der Waals surface area contributed by atoms with E-state index in [0.29, 0.717) is 0 Å². The summed E-state index contributed by atoms with van der Waals surface area (Å²) in [4.78, 5) is 2.59. The highest BCUT2D eigenvalue weighted by Gasteiger charge is 2.46. The van der Waals surface area contributed by atoms with E-state index in [1.165, 1.54) is 45.6 Å². The van der Waals surface area contributed by atoms with Crippen LogP contribution in [0.3, 0.4) is 0 Å². The Hall–Kier alpha value is -0.0800. The van der Waals surface area contributed by atoms with E-state index in [1.807, 2.05) is 0 Å². The van der Waals surface area contributed by atoms with Crippen LogP contribution in [0, 0.1) is 5.41 Å². The van der Waals surface area contributed by atoms with Gasteiger partial charge in [-0.1, -0.05) is 13.3 Å². The van der Waals surface area contributed by atoms with Crippen molar-refractivity contribution in [3.05, 3.63) is 0 Å². The monoisotopic (exact) mass is 154 g/mol. The Kier molecular flexibility index (Phi) is 1.90. The van der Waals surface area contributed by atoms with Gasteiger partial charge in [-0.2, -0.15) is 0 Å². The highest BCUT2D eigenvalue weighted by molar-refractivity contribution is 5.03. The topological polar surface area (TPSA) is 15.3 Å². The lowest BCUT2D eigenvalue weighted by molar-refractivity contribution is -0.0395. The maximum atomic E-state index is 3.35. The molecule has 2 saturated heterocycles. The van der Waals surface area contributed by atoms with Crippen LogP contribution in [0.4, 0.5) is 0 Å². The molecule has 2 nitrogen and oxygen atoms in total. The van der Waals surface area contributed by atoms with Crippen molar-refractivity contribution in [2.75, 3.05) is 32.7 Å². The summed E-state index contributed by atoms with van der Waals surface area (Å²) in [5.74, 6) is 0. The largest absolute Gasteiger partial charge is 0.315 e. The first-order chi connectivity index (χ1) is 5.35. The second-order valence-corrected chi connectivity index (χ2v) is 4.17. The lowest BCUT2D eigenvalue weighted by Gasteiger charge is -2.56. The molecule has 11 heavy (non-hydrogen) atoms. The molecular formula is C9H18N2. The molecule has 0 bridgehead atoms. The number of likely N-dealkylation sites (tertiary alicyclic amines) is 1. The minimum Gasteiger partial charge on any atom is -0.315 e. The molecule has 0 radical (unpaired) electrons. The molecule has 0 saturated carbocycles. The van der Waals surface area contributed by atoms with E-state index < -0.39 is 0 Å². The number of rotatable bonds is 3. The van der Waals surface area contributed by atoms with Crippen LogP contribution >= 0.6 is 0 Å². The third-order valence-electron chi connectivity index (χ3n) is 2.95. The van der Waals surface area contributed by atoms with Gasteiger partial charge in [0.05, 0.1) is 0 Å². The molecule has 0 unspecified atom stereocenters. The minimum absolute atomic E-state index is 0.730. The van der Waals surface area contributed by atoms with Gasteiger partial charge in [-0.05, 0) is 13.0 Å². The van der Waals surface area contributed by atoms with E-state index in [2.05, 4.69) is 17.1 Å². The number of nitrogens with one attached hydrogen (secondary N) is 1. The molecule has 2 aliphatic heterocycles. The standard InChI is InChI=1S/C9H18N2/c1-2-3-4-11-7-9(8-11)5-10-6-9/h10H,2-8H2,1H3. The zero-order chi connectivity index (χ0) is 7.73. The molecule has 2 fully saturated rings. The van der Waals surface area contributed by atoms with Gasteiger partial charge < -0.3 is 10.2 Å². The number of nitrogens with zero attached hydrogens (tertiary/aromatic N) is 1. The summed E-state index contributed by atoms with van der Waals surface area (Å²) in [7, 11) is 0. The number of hydrogen-bond acceptors (Lipinski definition) is 2. The average Bonchev–Trinajstić information content (AvgIpc) is 1.81. The zero-order valence-corrected chi connectivity index (χ0v) is 7.40. The van der Waals surface area contributed by atoms with Crippen molar-refractivity contribution >= 4 is 0 Å². The first kappa shape index (κ1) is 7.56. The molecule has 1 N–H and O–H groups in total. The van der Waals surface area contributed by atoms with Crippen LogP contribution in [0.1, 0.15) is 19.8 Å². The van der Waals surface area contributed by atoms with Crippen LogP contribution in [-0.2, 0) is 0 Å². The molecule has 0 aliphatic carbocycles. The van der Waals surface area contributed by atoms with Crippen LogP contribution in [-0.4, -0.2) is 37.6 Å². The van der Waals surface area contributed by atoms with Crippen molar-refractivity contribution in [3.63, 3.8) is 0 Å². The van der Waals surface area contributed by atoms with E-state index in [-0.39, 0.29) is 0 Å². The summed E-state index contributed by atoms with van der Waals surface area (Å²) in [6.07, 6.45) is 2.71. The molecule has 0 aromatic heterocycles. The zero-order valence-electron chi connectivity index (χ0n) is 7.40. The van der Waals surface area contributed by atoms with Crippen LogP contribution < -0.4 is 5.32 Å². The Morgan fingerprint density at radius 3 is 2.55 bits per heavy atom. The van der Waals surface area contributed by atoms with Crippen LogP contribution in [0.25, 0.3) is 0 Å². The van der Waals surface area contributed by atoms with Gasteiger partial charge in [-0.25, -0.2) is 0 Å². The van der Waals surface area contributed by atoms with Gasteiger partial charge in [0.1, 0.15) is 0 Å². The second kappa shape index (κ2) is 2.76. The number of unbranched alkanes of at least 4 members (excludes halogenated alkanes) is 1. The third-order valence-corrected chi connectivity index (χ3v) is 2.95. The third kappa shape index (κ3) is 1.30. The highest BCUT2D eigenvalue weighted by Crippen LogP contribution is 2.33. The summed E-state index contributed by atoms with van der Waals surface area (Å²) in [6, 6.07) is 0. The van der Waals surface area contributed by atoms with E-state index in [0.717, 1.165) is 5.41 Å². The summed E-state index contributed by atoms with van der Waals surface area (Å²) < 4.78 is 0. The van der Waals surface area contributed by atoms with E-state index in [9.17, 15) is 0 Å². The van der Waals surface area contributed by atoms with Gasteiger partial charge in [0, 0.05) is 31.6 Å². The van der Waals surface area contributed by atoms with E-state index >= 15 is 0 Å². The van der Waals surface area contributed by atoms with Gasteiger partial charge in [-0.15, -0.1) is 0 Å². The quantitative estimate of drug-likeness (QED) is 0.643. The molecule has 2 rings (SSSR count). The second-order valence-electron chi connectivity index (χ2n) is 4.17. The molecule has 2 heterocycles. The van der Waals surface area contributed by atoms with E-state index in [4.69, 9.17) is 0 Å². The van der Waals surface area contributed by atoms with Crippen LogP contribution in [0.15, 0.2) is 0 Å². The fourth-order valence-electron chi connectivity index (χ4n) is 2.14. The number of hydrogen-bond donors (Lipinski definition) is 1. The summed E-state index contributed by atoms with van der Waals surface area (Å²) in [5.41, 5.74) is 0.730. The maximum Gasteiger partial charge on any atom is 0.0207 e. The molecule has 1 spiro atoms. The summed E-state index contributed by atoms with van der Waals surface area (Å²) in [6.45, 7) is 8.87. The maximum absolute atomic E-state index is 3.35. The van der Waals surface area contributed by atoms with Crippen molar-refractivity contribution in [2.24, 2.45) is 5.41 Å². The van der Waals surface area contributed by atoms with Gasteiger partial charge in [-0.3, -0.25) is 0 Å². The molecule has 0 atom stereocenters. The predicted molar refractivity (Wildman–Crippen MR) is 46.7 cm³/mol. The Labute approximate surface area is 69.0 Å². The Morgan fingerprint density at radius 1 is 1.36 bits per heavy atom. The lowest BCUT2D eigenvalue weighted by Crippen LogP contribution is -2.70. The first-order valence-corrected chi connectivity index (χ1v) is 4.78. The molecule has 2 heteroatoms. The first-order valence-electron chi connectivity index (χ1n) is 4.78. The van der Waals surface area contributed by atoms with Gasteiger partial charge in [0.25, 0.3) is 0 Å². The molecule has 64 valence electrons. The molecular weight excluding hydrogens is 136 g/mol. The predicted octanol–water partition coefficient (Wildman–Crippen LogP) is 0.692. The fourth-order valence-corrected chi connectivity index (χ4v) is 2.14. The van der Waals surface area contributed by atoms with Crippen LogP contribution in [0.5, 0.6) is 0 Å². The molecule has 0 amide bonds. The summed E-state index contributed by atoms with van der Waals surface area (Å²) >= 11 is 0. The Balaban J connectivity index is 1.63. The van der Waals surface area contributed by atoms with Crippen molar-refractivity contribution < 1.29 is 0 Å². The Bertz CT molecular complexity index is 132. The summed E-state index contributed by atoms with van der Waals surface area (Å²) in [5, 5.41) is 3.35. The normalized spacial score (nSPS) is 28.1. The van der Waals surface area contributed by atoms with Gasteiger partial charge in [0.2, 0.25) is 0 Å². The van der Waals surface area contributed by atoms with Gasteiger partial charge >= 0.3 is 0 Å². The van der Waals surface area contributed by atoms with Gasteiger partial charge in [0.15, 0.2) is 0 Å². The van der Waals surface area contributed by atoms with Crippen LogP contribution in [0.2, 0.25) is 0 Å². The van der Waals surface area contributed by atoms with Crippen molar-refractivity contribution in [3.8, 4) is 0 Å². The van der Waals surface area contributed by atoms with Crippen molar-refractivity contribution in [1.29, 1.82) is 0 Å². The van der Waals surface area contributed by atoms with Crippen molar-refractivity contribution in [2.45, 2.75) is 19.8 Å². The smallest absolute Gasteiger partial charge is 0.0207 e. The Morgan fingerprint density at radius 2 is 2.09 bits per heavy atom. The molecule has 2 aliphatic rings. The fraction of sp³-hybridized carbons (Fsp3) is 1.00. The lowest BCUT2D eigenvalue weighted by atomic mass is 9.74. The SMILES string of the molecule is CCCCN1CC2(CNC2)C1. The average molecular weight is 154 g/mol. The minimum atomic E-state index is 0.730. The van der Waals surface area contributed by atoms with Crippen molar-refractivity contribution in [1.82, 2.24) is 10.2 Å². The highest BCUT2D eigenvalue weighted by atomic mass is 15.3. The molecule has 0 aromatic rings. The molecule has 0 aromatic carbocycles.